The number of benzene rings is 2. The summed E-state index contributed by atoms with van der Waals surface area (Å²) >= 11 is 0. The van der Waals surface area contributed by atoms with E-state index in [0.29, 0.717) is 5.56 Å². The van der Waals surface area contributed by atoms with Gasteiger partial charge in [0.1, 0.15) is 0 Å². The molecular weight excluding hydrogens is 307 g/mol. The summed E-state index contributed by atoms with van der Waals surface area (Å²) in [5.74, 6) is -0.354. The van der Waals surface area contributed by atoms with Crippen molar-refractivity contribution in [3.05, 3.63) is 65.6 Å². The Morgan fingerprint density at radius 1 is 1.29 bits per heavy atom. The number of aromatic amines is 1. The lowest BCUT2D eigenvalue weighted by Gasteiger charge is -2.15. The van der Waals surface area contributed by atoms with Crippen LogP contribution >= 0.6 is 0 Å². The van der Waals surface area contributed by atoms with Crippen LogP contribution in [-0.2, 0) is 11.2 Å². The van der Waals surface area contributed by atoms with E-state index in [4.69, 9.17) is 4.74 Å². The molecule has 0 aliphatic heterocycles. The van der Waals surface area contributed by atoms with Gasteiger partial charge in [-0.25, -0.2) is 4.39 Å². The predicted octanol–water partition coefficient (Wildman–Crippen LogP) is 3.74. The number of H-pyrrole nitrogens is 1. The predicted molar refractivity (Wildman–Crippen MR) is 91.5 cm³/mol. The van der Waals surface area contributed by atoms with Gasteiger partial charge in [0, 0.05) is 17.1 Å². The molecule has 0 radical (unpaired) electrons. The van der Waals surface area contributed by atoms with Crippen LogP contribution in [0.2, 0.25) is 0 Å². The first kappa shape index (κ1) is 16.1. The Balaban J connectivity index is 1.69. The van der Waals surface area contributed by atoms with E-state index in [1.807, 2.05) is 37.4 Å². The van der Waals surface area contributed by atoms with Gasteiger partial charge in [0.05, 0.1) is 19.6 Å². The van der Waals surface area contributed by atoms with Gasteiger partial charge >= 0.3 is 0 Å². The molecular formula is C19H19FN2O2. The number of methoxy groups -OCH3 is 1. The maximum Gasteiger partial charge on any atom is 0.224 e. The lowest BCUT2D eigenvalue weighted by atomic mass is 10.1. The summed E-state index contributed by atoms with van der Waals surface area (Å²) in [6, 6.07) is 12.3. The highest BCUT2D eigenvalue weighted by Crippen LogP contribution is 2.22. The fourth-order valence-corrected chi connectivity index (χ4v) is 2.78. The first-order chi connectivity index (χ1) is 11.6. The minimum Gasteiger partial charge on any atom is -0.494 e. The standard InChI is InChI=1S/C19H19FN2O2/c1-12(13-7-8-18(24-2)16(20)9-13)22-19(23)10-14-11-21-17-6-4-3-5-15(14)17/h3-9,11-12,21H,10H2,1-2H3,(H,22,23)/t12-/m0/s1. The van der Waals surface area contributed by atoms with Gasteiger partial charge < -0.3 is 15.0 Å². The highest BCUT2D eigenvalue weighted by atomic mass is 19.1. The number of nitrogens with one attached hydrogen (secondary N) is 2. The minimum absolute atomic E-state index is 0.108. The third kappa shape index (κ3) is 3.25. The molecule has 1 aromatic heterocycles. The highest BCUT2D eigenvalue weighted by molar-refractivity contribution is 5.88. The van der Waals surface area contributed by atoms with Crippen molar-refractivity contribution in [1.82, 2.24) is 10.3 Å². The van der Waals surface area contributed by atoms with E-state index in [1.54, 1.807) is 12.1 Å². The van der Waals surface area contributed by atoms with Crippen LogP contribution in [0, 0.1) is 5.82 Å². The summed E-state index contributed by atoms with van der Waals surface area (Å²) in [6.07, 6.45) is 2.12. The molecule has 0 saturated carbocycles. The van der Waals surface area contributed by atoms with E-state index < -0.39 is 5.82 Å². The van der Waals surface area contributed by atoms with Gasteiger partial charge in [0.25, 0.3) is 0 Å². The number of carbonyl (C=O) groups excluding carboxylic acids is 1. The Bertz CT molecular complexity index is 873. The summed E-state index contributed by atoms with van der Waals surface area (Å²) in [6.45, 7) is 1.83. The van der Waals surface area contributed by atoms with E-state index >= 15 is 0 Å². The van der Waals surface area contributed by atoms with E-state index in [1.165, 1.54) is 13.2 Å². The van der Waals surface area contributed by atoms with Crippen LogP contribution < -0.4 is 10.1 Å². The topological polar surface area (TPSA) is 54.1 Å². The quantitative estimate of drug-likeness (QED) is 0.750. The normalized spacial score (nSPS) is 12.1. The van der Waals surface area contributed by atoms with E-state index in [-0.39, 0.29) is 24.1 Å². The molecule has 124 valence electrons. The Morgan fingerprint density at radius 3 is 2.83 bits per heavy atom. The van der Waals surface area contributed by atoms with Gasteiger partial charge in [-0.2, -0.15) is 0 Å². The Labute approximate surface area is 139 Å². The number of carbonyl (C=O) groups is 1. The number of hydrogen-bond acceptors (Lipinski definition) is 2. The molecule has 0 spiro atoms. The molecule has 1 amide bonds. The molecule has 1 atom stereocenters. The number of ether oxygens (including phenoxy) is 1. The maximum atomic E-state index is 13.8. The van der Waals surface area contributed by atoms with Gasteiger partial charge in [0.15, 0.2) is 11.6 Å². The minimum atomic E-state index is -0.437. The lowest BCUT2D eigenvalue weighted by molar-refractivity contribution is -0.121. The molecule has 0 aliphatic rings. The summed E-state index contributed by atoms with van der Waals surface area (Å²) in [4.78, 5) is 15.5. The van der Waals surface area contributed by atoms with Gasteiger partial charge in [-0.05, 0) is 36.2 Å². The van der Waals surface area contributed by atoms with Gasteiger partial charge in [-0.15, -0.1) is 0 Å². The SMILES string of the molecule is COc1ccc([C@H](C)NC(=O)Cc2c[nH]c3ccccc23)cc1F. The molecule has 1 heterocycles. The van der Waals surface area contributed by atoms with Crippen molar-refractivity contribution in [3.8, 4) is 5.75 Å². The van der Waals surface area contributed by atoms with Crippen molar-refractivity contribution in [2.45, 2.75) is 19.4 Å². The molecule has 0 unspecified atom stereocenters. The monoisotopic (exact) mass is 326 g/mol. The van der Waals surface area contributed by atoms with Crippen LogP contribution in [0.1, 0.15) is 24.1 Å². The Morgan fingerprint density at radius 2 is 2.08 bits per heavy atom. The van der Waals surface area contributed by atoms with Crippen molar-refractivity contribution in [1.29, 1.82) is 0 Å². The number of halogens is 1. The molecule has 2 aromatic carbocycles. The van der Waals surface area contributed by atoms with Crippen molar-refractivity contribution in [2.75, 3.05) is 7.11 Å². The average Bonchev–Trinajstić information content (AvgIpc) is 2.97. The molecule has 3 aromatic rings. The number of fused-ring (bicyclic) bond motifs is 1. The summed E-state index contributed by atoms with van der Waals surface area (Å²) < 4.78 is 18.7. The van der Waals surface area contributed by atoms with Crippen LogP contribution in [0.3, 0.4) is 0 Å². The number of amides is 1. The molecule has 0 aliphatic carbocycles. The zero-order valence-corrected chi connectivity index (χ0v) is 13.6. The van der Waals surface area contributed by atoms with Gasteiger partial charge in [-0.3, -0.25) is 4.79 Å². The fraction of sp³-hybridized carbons (Fsp3) is 0.211. The second-order valence-corrected chi connectivity index (χ2v) is 5.72. The molecule has 0 fully saturated rings. The summed E-state index contributed by atoms with van der Waals surface area (Å²) in [5.41, 5.74) is 2.64. The number of aromatic nitrogens is 1. The average molecular weight is 326 g/mol. The van der Waals surface area contributed by atoms with Crippen LogP contribution in [-0.4, -0.2) is 18.0 Å². The zero-order valence-electron chi connectivity index (χ0n) is 13.6. The number of hydrogen-bond donors (Lipinski definition) is 2. The second kappa shape index (κ2) is 6.74. The smallest absolute Gasteiger partial charge is 0.224 e. The molecule has 0 saturated heterocycles. The van der Waals surface area contributed by atoms with Crippen LogP contribution in [0.25, 0.3) is 10.9 Å². The van der Waals surface area contributed by atoms with Gasteiger partial charge in [-0.1, -0.05) is 24.3 Å². The molecule has 24 heavy (non-hydrogen) atoms. The third-order valence-corrected chi connectivity index (χ3v) is 4.08. The Kier molecular flexibility index (Phi) is 4.51. The number of para-hydroxylation sites is 1. The molecule has 4 nitrogen and oxygen atoms in total. The van der Waals surface area contributed by atoms with Crippen LogP contribution in [0.5, 0.6) is 5.75 Å². The highest BCUT2D eigenvalue weighted by Gasteiger charge is 2.14. The molecule has 2 N–H and O–H groups in total. The van der Waals surface area contributed by atoms with Crippen molar-refractivity contribution >= 4 is 16.8 Å². The fourth-order valence-electron chi connectivity index (χ4n) is 2.78. The van der Waals surface area contributed by atoms with Crippen LogP contribution in [0.4, 0.5) is 4.39 Å². The van der Waals surface area contributed by atoms with Crippen molar-refractivity contribution < 1.29 is 13.9 Å². The van der Waals surface area contributed by atoms with E-state index in [2.05, 4.69) is 10.3 Å². The van der Waals surface area contributed by atoms with Crippen molar-refractivity contribution in [2.24, 2.45) is 0 Å². The maximum absolute atomic E-state index is 13.8. The van der Waals surface area contributed by atoms with E-state index in [0.717, 1.165) is 16.5 Å². The third-order valence-electron chi connectivity index (χ3n) is 4.08. The molecule has 5 heteroatoms. The zero-order chi connectivity index (χ0) is 17.1. The van der Waals surface area contributed by atoms with Crippen molar-refractivity contribution in [3.63, 3.8) is 0 Å². The first-order valence-corrected chi connectivity index (χ1v) is 7.76. The second-order valence-electron chi connectivity index (χ2n) is 5.72. The largest absolute Gasteiger partial charge is 0.494 e. The number of rotatable bonds is 5. The molecule has 3 rings (SSSR count). The summed E-state index contributed by atoms with van der Waals surface area (Å²) in [5, 5.41) is 3.94. The van der Waals surface area contributed by atoms with Gasteiger partial charge in [0.2, 0.25) is 5.91 Å². The van der Waals surface area contributed by atoms with E-state index in [9.17, 15) is 9.18 Å². The Hall–Kier alpha value is -2.82. The lowest BCUT2D eigenvalue weighted by Crippen LogP contribution is -2.28. The first-order valence-electron chi connectivity index (χ1n) is 7.76. The summed E-state index contributed by atoms with van der Waals surface area (Å²) in [7, 11) is 1.42. The molecule has 0 bridgehead atoms. The van der Waals surface area contributed by atoms with Crippen LogP contribution in [0.15, 0.2) is 48.7 Å².